The first kappa shape index (κ1) is 13.5. The van der Waals surface area contributed by atoms with Crippen LogP contribution in [-0.2, 0) is 4.79 Å². The number of hydrogen-bond acceptors (Lipinski definition) is 5. The van der Waals surface area contributed by atoms with Gasteiger partial charge in [-0.3, -0.25) is 4.79 Å². The molecule has 21 heavy (non-hydrogen) atoms. The molecule has 0 radical (unpaired) electrons. The van der Waals surface area contributed by atoms with Crippen LogP contribution in [0.3, 0.4) is 0 Å². The maximum atomic E-state index is 12.1. The van der Waals surface area contributed by atoms with Gasteiger partial charge in [-0.15, -0.1) is 0 Å². The molecule has 0 spiro atoms. The van der Waals surface area contributed by atoms with Crippen molar-refractivity contribution < 1.29 is 4.79 Å². The highest BCUT2D eigenvalue weighted by Crippen LogP contribution is 2.40. The third kappa shape index (κ3) is 2.91. The van der Waals surface area contributed by atoms with Gasteiger partial charge in [-0.25, -0.2) is 4.98 Å². The molecular formula is C15H22N4OS. The molecule has 1 aromatic rings. The van der Waals surface area contributed by atoms with Crippen molar-refractivity contribution in [1.29, 1.82) is 0 Å². The monoisotopic (exact) mass is 306 g/mol. The van der Waals surface area contributed by atoms with Crippen molar-refractivity contribution >= 4 is 22.6 Å². The SMILES string of the molecule is O=C(NC1CCCN(c2nc(C3CC3)ns2)C1)C1CCC1. The maximum Gasteiger partial charge on any atom is 0.223 e. The first-order valence-electron chi connectivity index (χ1n) is 8.18. The minimum Gasteiger partial charge on any atom is -0.351 e. The van der Waals surface area contributed by atoms with Crippen molar-refractivity contribution in [2.24, 2.45) is 5.92 Å². The number of anilines is 1. The zero-order valence-electron chi connectivity index (χ0n) is 12.3. The normalized spacial score (nSPS) is 26.5. The van der Waals surface area contributed by atoms with Crippen molar-refractivity contribution in [3.05, 3.63) is 5.82 Å². The number of aromatic nitrogens is 2. The number of piperidine rings is 1. The molecule has 6 heteroatoms. The van der Waals surface area contributed by atoms with Gasteiger partial charge in [0, 0.05) is 42.5 Å². The highest BCUT2D eigenvalue weighted by Gasteiger charge is 2.31. The van der Waals surface area contributed by atoms with E-state index in [9.17, 15) is 4.79 Å². The molecule has 0 aromatic carbocycles. The van der Waals surface area contributed by atoms with Gasteiger partial charge >= 0.3 is 0 Å². The summed E-state index contributed by atoms with van der Waals surface area (Å²) in [4.78, 5) is 19.1. The third-order valence-corrected chi connectivity index (χ3v) is 5.68. The number of amides is 1. The highest BCUT2D eigenvalue weighted by atomic mass is 32.1. The Morgan fingerprint density at radius 3 is 2.76 bits per heavy atom. The molecule has 1 aliphatic heterocycles. The van der Waals surface area contributed by atoms with Crippen molar-refractivity contribution in [3.8, 4) is 0 Å². The molecule has 1 saturated heterocycles. The molecule has 3 fully saturated rings. The highest BCUT2D eigenvalue weighted by molar-refractivity contribution is 7.09. The van der Waals surface area contributed by atoms with Crippen LogP contribution >= 0.6 is 11.5 Å². The van der Waals surface area contributed by atoms with E-state index in [0.717, 1.165) is 49.7 Å². The second-order valence-corrected chi connectivity index (χ2v) is 7.36. The summed E-state index contributed by atoms with van der Waals surface area (Å²) in [6.45, 7) is 1.92. The van der Waals surface area contributed by atoms with Gasteiger partial charge in [0.05, 0.1) is 0 Å². The van der Waals surface area contributed by atoms with Gasteiger partial charge in [-0.2, -0.15) is 4.37 Å². The van der Waals surface area contributed by atoms with E-state index in [1.807, 2.05) is 0 Å². The van der Waals surface area contributed by atoms with Crippen molar-refractivity contribution in [3.63, 3.8) is 0 Å². The Labute approximate surface area is 129 Å². The fourth-order valence-electron chi connectivity index (χ4n) is 3.12. The van der Waals surface area contributed by atoms with Crippen molar-refractivity contribution in [2.45, 2.75) is 56.9 Å². The first-order valence-corrected chi connectivity index (χ1v) is 8.96. The summed E-state index contributed by atoms with van der Waals surface area (Å²) in [6.07, 6.45) is 8.06. The zero-order valence-corrected chi connectivity index (χ0v) is 13.1. The number of rotatable bonds is 4. The maximum absolute atomic E-state index is 12.1. The lowest BCUT2D eigenvalue weighted by Crippen LogP contribution is -2.50. The van der Waals surface area contributed by atoms with Crippen LogP contribution < -0.4 is 10.2 Å². The Morgan fingerprint density at radius 2 is 2.05 bits per heavy atom. The van der Waals surface area contributed by atoms with Crippen LogP contribution in [0.5, 0.6) is 0 Å². The lowest BCUT2D eigenvalue weighted by atomic mass is 9.84. The molecule has 3 aliphatic rings. The van der Waals surface area contributed by atoms with Crippen LogP contribution in [0.4, 0.5) is 5.13 Å². The summed E-state index contributed by atoms with van der Waals surface area (Å²) in [7, 11) is 0. The van der Waals surface area contributed by atoms with Gasteiger partial charge < -0.3 is 10.2 Å². The second kappa shape index (κ2) is 5.55. The molecule has 1 amide bonds. The number of carbonyl (C=O) groups excluding carboxylic acids is 1. The summed E-state index contributed by atoms with van der Waals surface area (Å²) in [5, 5.41) is 4.28. The minimum atomic E-state index is 0.268. The number of hydrogen-bond donors (Lipinski definition) is 1. The van der Waals surface area contributed by atoms with Gasteiger partial charge in [0.15, 0.2) is 0 Å². The summed E-state index contributed by atoms with van der Waals surface area (Å²) in [5.41, 5.74) is 0. The standard InChI is InChI=1S/C15H22N4OS/c20-14(11-3-1-4-11)16-12-5-2-8-19(9-12)15-17-13(18-21-15)10-6-7-10/h10-12H,1-9H2,(H,16,20). The molecule has 1 atom stereocenters. The van der Waals surface area contributed by atoms with Gasteiger partial charge in [0.2, 0.25) is 11.0 Å². The van der Waals surface area contributed by atoms with Crippen LogP contribution in [0.25, 0.3) is 0 Å². The van der Waals surface area contributed by atoms with Crippen LogP contribution in [0.1, 0.15) is 56.7 Å². The lowest BCUT2D eigenvalue weighted by Gasteiger charge is -2.34. The summed E-state index contributed by atoms with van der Waals surface area (Å²) in [6, 6.07) is 0.278. The van der Waals surface area contributed by atoms with E-state index in [-0.39, 0.29) is 17.9 Å². The van der Waals surface area contributed by atoms with E-state index in [2.05, 4.69) is 14.6 Å². The predicted octanol–water partition coefficient (Wildman–Crippen LogP) is 2.30. The largest absolute Gasteiger partial charge is 0.351 e. The van der Waals surface area contributed by atoms with E-state index >= 15 is 0 Å². The fraction of sp³-hybridized carbons (Fsp3) is 0.800. The Bertz CT molecular complexity index is 523. The van der Waals surface area contributed by atoms with Crippen LogP contribution in [0.2, 0.25) is 0 Å². The molecule has 1 N–H and O–H groups in total. The van der Waals surface area contributed by atoms with Gasteiger partial charge in [0.25, 0.3) is 0 Å². The molecule has 0 bridgehead atoms. The van der Waals surface area contributed by atoms with E-state index < -0.39 is 0 Å². The Kier molecular flexibility index (Phi) is 3.57. The Hall–Kier alpha value is -1.17. The average molecular weight is 306 g/mol. The molecular weight excluding hydrogens is 284 g/mol. The topological polar surface area (TPSA) is 58.1 Å². The minimum absolute atomic E-state index is 0.268. The molecule has 5 nitrogen and oxygen atoms in total. The molecule has 4 rings (SSSR count). The van der Waals surface area contributed by atoms with Crippen molar-refractivity contribution in [1.82, 2.24) is 14.7 Å². The number of nitrogens with zero attached hydrogens (tertiary/aromatic N) is 3. The smallest absolute Gasteiger partial charge is 0.223 e. The summed E-state index contributed by atoms with van der Waals surface area (Å²) >= 11 is 1.52. The quantitative estimate of drug-likeness (QED) is 0.927. The van der Waals surface area contributed by atoms with Gasteiger partial charge in [-0.05, 0) is 38.5 Å². The van der Waals surface area contributed by atoms with E-state index in [1.165, 1.54) is 30.8 Å². The average Bonchev–Trinajstić information content (AvgIpc) is 3.15. The van der Waals surface area contributed by atoms with E-state index in [4.69, 9.17) is 4.98 Å². The van der Waals surface area contributed by atoms with E-state index in [0.29, 0.717) is 5.92 Å². The van der Waals surface area contributed by atoms with Gasteiger partial charge in [0.1, 0.15) is 5.82 Å². The molecule has 2 aliphatic carbocycles. The summed E-state index contributed by atoms with van der Waals surface area (Å²) < 4.78 is 4.49. The number of carbonyl (C=O) groups is 1. The Morgan fingerprint density at radius 1 is 1.19 bits per heavy atom. The van der Waals surface area contributed by atoms with E-state index in [1.54, 1.807) is 0 Å². The molecule has 1 aromatic heterocycles. The van der Waals surface area contributed by atoms with Crippen LogP contribution in [0, 0.1) is 5.92 Å². The predicted molar refractivity (Wildman–Crippen MR) is 82.6 cm³/mol. The molecule has 2 heterocycles. The first-order chi connectivity index (χ1) is 10.3. The van der Waals surface area contributed by atoms with Crippen LogP contribution in [-0.4, -0.2) is 34.4 Å². The van der Waals surface area contributed by atoms with Crippen LogP contribution in [0.15, 0.2) is 0 Å². The van der Waals surface area contributed by atoms with Crippen molar-refractivity contribution in [2.75, 3.05) is 18.0 Å². The fourth-order valence-corrected chi connectivity index (χ4v) is 3.90. The second-order valence-electron chi connectivity index (χ2n) is 6.63. The van der Waals surface area contributed by atoms with Gasteiger partial charge in [-0.1, -0.05) is 6.42 Å². The number of nitrogens with one attached hydrogen (secondary N) is 1. The summed E-state index contributed by atoms with van der Waals surface area (Å²) in [5.74, 6) is 2.21. The molecule has 114 valence electrons. The third-order valence-electron chi connectivity index (χ3n) is 4.89. The molecule has 2 saturated carbocycles. The lowest BCUT2D eigenvalue weighted by molar-refractivity contribution is -0.128. The zero-order chi connectivity index (χ0) is 14.2. The molecule has 1 unspecified atom stereocenters. The Balaban J connectivity index is 1.36.